The molecule has 9 heteroatoms. The van der Waals surface area contributed by atoms with Gasteiger partial charge in [-0.05, 0) is 89.9 Å². The van der Waals surface area contributed by atoms with Crippen LogP contribution in [-0.4, -0.2) is 82.3 Å². The summed E-state index contributed by atoms with van der Waals surface area (Å²) in [5.41, 5.74) is 0. The zero-order valence-electron chi connectivity index (χ0n) is 50.6. The zero-order valence-corrected chi connectivity index (χ0v) is 50.6. The van der Waals surface area contributed by atoms with Gasteiger partial charge in [-0.1, -0.05) is 253 Å². The highest BCUT2D eigenvalue weighted by atomic mass is 16.7. The molecule has 0 heterocycles. The second-order valence-electron chi connectivity index (χ2n) is 22.3. The number of aliphatic carboxylic acids is 1. The van der Waals surface area contributed by atoms with E-state index in [4.69, 9.17) is 18.9 Å². The van der Waals surface area contributed by atoms with Crippen molar-refractivity contribution in [2.75, 3.05) is 47.5 Å². The second kappa shape index (κ2) is 58.6. The Labute approximate surface area is 474 Å². The Morgan fingerprint density at radius 3 is 1.12 bits per heavy atom. The van der Waals surface area contributed by atoms with Crippen molar-refractivity contribution in [3.8, 4) is 0 Å². The van der Waals surface area contributed by atoms with Crippen molar-refractivity contribution in [3.05, 3.63) is 85.1 Å². The van der Waals surface area contributed by atoms with Crippen molar-refractivity contribution in [1.82, 2.24) is 0 Å². The van der Waals surface area contributed by atoms with Gasteiger partial charge in [0.15, 0.2) is 12.4 Å². The molecule has 77 heavy (non-hydrogen) atoms. The molecule has 0 spiro atoms. The summed E-state index contributed by atoms with van der Waals surface area (Å²) >= 11 is 0. The Balaban J connectivity index is 4.21. The van der Waals surface area contributed by atoms with Gasteiger partial charge in [-0.3, -0.25) is 9.59 Å². The number of carboxylic acid groups (broad SMARTS) is 1. The Hall–Kier alpha value is -3.53. The third kappa shape index (κ3) is 60.0. The minimum absolute atomic E-state index is 0.139. The summed E-state index contributed by atoms with van der Waals surface area (Å²) in [7, 11) is 5.91. The molecule has 0 saturated carbocycles. The summed E-state index contributed by atoms with van der Waals surface area (Å²) in [6.45, 7) is 4.62. The second-order valence-corrected chi connectivity index (χ2v) is 22.3. The summed E-state index contributed by atoms with van der Waals surface area (Å²) in [5, 5.41) is 11.8. The molecular formula is C68H119NO8. The number of hydrogen-bond acceptors (Lipinski definition) is 8. The minimum Gasteiger partial charge on any atom is -0.545 e. The van der Waals surface area contributed by atoms with E-state index >= 15 is 0 Å². The van der Waals surface area contributed by atoms with Crippen molar-refractivity contribution in [2.45, 2.75) is 283 Å². The monoisotopic (exact) mass is 1080 g/mol. The molecule has 0 saturated heterocycles. The maximum Gasteiger partial charge on any atom is 0.306 e. The van der Waals surface area contributed by atoms with Crippen molar-refractivity contribution < 1.29 is 42.9 Å². The average molecular weight is 1080 g/mol. The Morgan fingerprint density at radius 2 is 0.740 bits per heavy atom. The highest BCUT2D eigenvalue weighted by molar-refractivity contribution is 5.70. The molecule has 2 unspecified atom stereocenters. The van der Waals surface area contributed by atoms with E-state index in [1.165, 1.54) is 154 Å². The number of esters is 2. The van der Waals surface area contributed by atoms with Crippen LogP contribution >= 0.6 is 0 Å². The number of allylic oxidation sites excluding steroid dienone is 14. The number of nitrogens with zero attached hydrogens (tertiary/aromatic N) is 1. The zero-order chi connectivity index (χ0) is 56.2. The van der Waals surface area contributed by atoms with Crippen molar-refractivity contribution in [1.29, 1.82) is 0 Å². The molecular weight excluding hydrogens is 959 g/mol. The van der Waals surface area contributed by atoms with E-state index in [-0.39, 0.29) is 38.6 Å². The minimum atomic E-state index is -1.63. The van der Waals surface area contributed by atoms with Crippen molar-refractivity contribution in [2.24, 2.45) is 0 Å². The average Bonchev–Trinajstić information content (AvgIpc) is 3.40. The molecule has 0 rings (SSSR count). The van der Waals surface area contributed by atoms with Crippen LogP contribution in [0, 0.1) is 0 Å². The van der Waals surface area contributed by atoms with Gasteiger partial charge in [0.25, 0.3) is 0 Å². The summed E-state index contributed by atoms with van der Waals surface area (Å²) in [5.74, 6) is -2.31. The molecule has 0 amide bonds. The lowest BCUT2D eigenvalue weighted by atomic mass is 10.0. The quantitative estimate of drug-likeness (QED) is 0.0195. The fourth-order valence-electron chi connectivity index (χ4n) is 8.77. The molecule has 9 nitrogen and oxygen atoms in total. The van der Waals surface area contributed by atoms with E-state index in [9.17, 15) is 19.5 Å². The Morgan fingerprint density at radius 1 is 0.403 bits per heavy atom. The predicted octanol–water partition coefficient (Wildman–Crippen LogP) is 17.8. The van der Waals surface area contributed by atoms with Crippen LogP contribution in [0.5, 0.6) is 0 Å². The standard InChI is InChI=1S/C68H119NO8/c1-6-8-10-12-14-16-18-20-22-24-26-28-30-31-32-33-34-35-37-38-40-42-44-46-48-50-52-54-56-58-65(70)75-62-64(63-76-68(67(72)73)74-61-60-69(3,4)5)77-66(71)59-57-55-53-51-49-47-45-43-41-39-36-29-27-25-23-21-19-17-15-13-11-9-7-2/h9,11,15,17,21,23-24,26-27,29,39,41,45,47,64,68H,6-8,10,12-14,16,18-20,22,25,28,30-38,40,42-44,46,48-63H2,1-5H3/b11-9-,17-15-,23-21-,26-24-,29-27-,41-39-,47-45-. The largest absolute Gasteiger partial charge is 0.545 e. The molecule has 0 N–H and O–H groups in total. The molecule has 0 aliphatic carbocycles. The Bertz CT molecular complexity index is 1540. The fourth-order valence-corrected chi connectivity index (χ4v) is 8.77. The van der Waals surface area contributed by atoms with Crippen LogP contribution in [0.4, 0.5) is 0 Å². The first-order valence-electron chi connectivity index (χ1n) is 31.7. The van der Waals surface area contributed by atoms with Crippen molar-refractivity contribution >= 4 is 17.9 Å². The number of rotatable bonds is 58. The summed E-state index contributed by atoms with van der Waals surface area (Å²) in [4.78, 5) is 37.4. The van der Waals surface area contributed by atoms with E-state index in [1.54, 1.807) is 0 Å². The van der Waals surface area contributed by atoms with Crippen LogP contribution < -0.4 is 5.11 Å². The molecule has 2 atom stereocenters. The van der Waals surface area contributed by atoms with Gasteiger partial charge in [0.2, 0.25) is 0 Å². The fraction of sp³-hybridized carbons (Fsp3) is 0.750. The third-order valence-corrected chi connectivity index (χ3v) is 13.6. The summed E-state index contributed by atoms with van der Waals surface area (Å²) < 4.78 is 22.7. The van der Waals surface area contributed by atoms with E-state index in [2.05, 4.69) is 98.9 Å². The molecule has 0 aromatic heterocycles. The lowest BCUT2D eigenvalue weighted by molar-refractivity contribution is -0.870. The molecule has 0 aromatic rings. The van der Waals surface area contributed by atoms with Gasteiger partial charge in [-0.2, -0.15) is 0 Å². The van der Waals surface area contributed by atoms with Gasteiger partial charge in [0, 0.05) is 12.8 Å². The normalized spacial score (nSPS) is 13.3. The van der Waals surface area contributed by atoms with Gasteiger partial charge in [0.1, 0.15) is 13.2 Å². The molecule has 0 aromatic carbocycles. The topological polar surface area (TPSA) is 111 Å². The van der Waals surface area contributed by atoms with Crippen LogP contribution in [0.15, 0.2) is 85.1 Å². The number of carbonyl (C=O) groups excluding carboxylic acids is 3. The molecule has 0 aliphatic rings. The number of unbranched alkanes of at least 4 members (excludes halogenated alkanes) is 29. The number of likely N-dealkylation sites (N-methyl/N-ethyl adjacent to an activating group) is 1. The van der Waals surface area contributed by atoms with Crippen LogP contribution in [0.3, 0.4) is 0 Å². The number of quaternary nitrogens is 1. The predicted molar refractivity (Wildman–Crippen MR) is 324 cm³/mol. The van der Waals surface area contributed by atoms with Crippen LogP contribution in [-0.2, 0) is 33.3 Å². The van der Waals surface area contributed by atoms with Gasteiger partial charge in [-0.15, -0.1) is 0 Å². The van der Waals surface area contributed by atoms with Gasteiger partial charge < -0.3 is 33.3 Å². The van der Waals surface area contributed by atoms with Gasteiger partial charge in [-0.25, -0.2) is 0 Å². The lowest BCUT2D eigenvalue weighted by Gasteiger charge is -2.26. The van der Waals surface area contributed by atoms with Crippen molar-refractivity contribution in [3.63, 3.8) is 0 Å². The number of ether oxygens (including phenoxy) is 4. The van der Waals surface area contributed by atoms with Crippen LogP contribution in [0.1, 0.15) is 271 Å². The molecule has 0 bridgehead atoms. The first kappa shape index (κ1) is 73.5. The highest BCUT2D eigenvalue weighted by Crippen LogP contribution is 2.17. The summed E-state index contributed by atoms with van der Waals surface area (Å²) in [6.07, 6.45) is 75.1. The highest BCUT2D eigenvalue weighted by Gasteiger charge is 2.22. The van der Waals surface area contributed by atoms with E-state index in [0.29, 0.717) is 17.4 Å². The molecule has 0 fully saturated rings. The summed E-state index contributed by atoms with van der Waals surface area (Å²) in [6, 6.07) is 0. The van der Waals surface area contributed by atoms with E-state index in [0.717, 1.165) is 83.5 Å². The lowest BCUT2D eigenvalue weighted by Crippen LogP contribution is -2.44. The van der Waals surface area contributed by atoms with Gasteiger partial charge >= 0.3 is 11.9 Å². The molecule has 0 radical (unpaired) electrons. The first-order valence-corrected chi connectivity index (χ1v) is 31.7. The molecule has 0 aliphatic heterocycles. The maximum atomic E-state index is 12.9. The first-order chi connectivity index (χ1) is 37.6. The van der Waals surface area contributed by atoms with Crippen LogP contribution in [0.25, 0.3) is 0 Å². The third-order valence-electron chi connectivity index (χ3n) is 13.6. The smallest absolute Gasteiger partial charge is 0.306 e. The molecule has 444 valence electrons. The SMILES string of the molecule is CC/C=C\C/C=C\C/C=C\C/C=C\C/C=C\C/C=C\CCCCCCC(=O)OC(COC(=O)CCCCCCCCCCCCCCCCCCC/C=C\CCCCCCCCCC)COC(OCC[N+](C)(C)C)C(=O)[O-]. The number of carbonyl (C=O) groups is 3. The van der Waals surface area contributed by atoms with Crippen LogP contribution in [0.2, 0.25) is 0 Å². The Kier molecular flexibility index (Phi) is 55.9. The number of carboxylic acids is 1. The number of hydrogen-bond donors (Lipinski definition) is 0. The van der Waals surface area contributed by atoms with Gasteiger partial charge in [0.05, 0.1) is 40.3 Å². The van der Waals surface area contributed by atoms with E-state index < -0.39 is 24.3 Å². The van der Waals surface area contributed by atoms with E-state index in [1.807, 2.05) is 21.1 Å². The maximum absolute atomic E-state index is 12.9.